The number of nitrogens with two attached hydrogens (primary N) is 1. The van der Waals surface area contributed by atoms with Crippen molar-refractivity contribution < 1.29 is 23.4 Å². The summed E-state index contributed by atoms with van der Waals surface area (Å²) in [5.41, 5.74) is 6.77. The summed E-state index contributed by atoms with van der Waals surface area (Å²) in [7, 11) is 0. The van der Waals surface area contributed by atoms with Crippen LogP contribution in [0.3, 0.4) is 0 Å². The van der Waals surface area contributed by atoms with Gasteiger partial charge in [-0.15, -0.1) is 0 Å². The van der Waals surface area contributed by atoms with Gasteiger partial charge >= 0.3 is 5.97 Å². The molecule has 25 heavy (non-hydrogen) atoms. The monoisotopic (exact) mass is 367 g/mol. The lowest BCUT2D eigenvalue weighted by atomic mass is 10.0. The van der Waals surface area contributed by atoms with Crippen LogP contribution in [0.5, 0.6) is 5.75 Å². The summed E-state index contributed by atoms with van der Waals surface area (Å²) in [6.07, 6.45) is -0.355. The minimum absolute atomic E-state index is 0.179. The van der Waals surface area contributed by atoms with Crippen molar-refractivity contribution in [2.75, 3.05) is 13.2 Å². The summed E-state index contributed by atoms with van der Waals surface area (Å²) >= 11 is 6.05. The lowest BCUT2D eigenvalue weighted by molar-refractivity contribution is -0.131. The van der Waals surface area contributed by atoms with Gasteiger partial charge in [-0.3, -0.25) is 0 Å². The van der Waals surface area contributed by atoms with E-state index in [1.807, 2.05) is 0 Å². The largest absolute Gasteiger partial charge is 0.492 e. The molecule has 0 heterocycles. The van der Waals surface area contributed by atoms with Crippen molar-refractivity contribution in [3.63, 3.8) is 0 Å². The molecule has 0 fully saturated rings. The molecule has 0 atom stereocenters. The van der Waals surface area contributed by atoms with E-state index in [9.17, 15) is 13.6 Å². The highest BCUT2D eigenvalue weighted by molar-refractivity contribution is 6.32. The summed E-state index contributed by atoms with van der Waals surface area (Å²) in [5.74, 6) is -0.825. The van der Waals surface area contributed by atoms with Gasteiger partial charge in [0.15, 0.2) is 0 Å². The lowest BCUT2D eigenvalue weighted by Crippen LogP contribution is -2.10. The molecule has 0 amide bonds. The molecule has 0 saturated carbocycles. The summed E-state index contributed by atoms with van der Waals surface area (Å²) in [5, 5.41) is 9.08. The number of hydrogen-bond donors (Lipinski definition) is 2. The second-order valence-electron chi connectivity index (χ2n) is 5.14. The maximum atomic E-state index is 13.1. The third-order valence-corrected chi connectivity index (χ3v) is 3.65. The Kier molecular flexibility index (Phi) is 6.50. The molecule has 2 rings (SSSR count). The van der Waals surface area contributed by atoms with Crippen molar-refractivity contribution in [1.82, 2.24) is 0 Å². The number of benzene rings is 2. The molecule has 2 aromatic rings. The van der Waals surface area contributed by atoms with Gasteiger partial charge in [0.05, 0.1) is 0 Å². The molecular formula is C18H16ClF2NO3. The number of halogens is 3. The zero-order chi connectivity index (χ0) is 18.4. The number of carbonyl (C=O) groups is 1. The van der Waals surface area contributed by atoms with Crippen molar-refractivity contribution in [3.8, 4) is 16.9 Å². The van der Waals surface area contributed by atoms with Gasteiger partial charge in [0.2, 0.25) is 0 Å². The van der Waals surface area contributed by atoms with E-state index < -0.39 is 12.4 Å². The highest BCUT2D eigenvalue weighted by Crippen LogP contribution is 2.32. The summed E-state index contributed by atoms with van der Waals surface area (Å²) in [6, 6.07) is 9.11. The Morgan fingerprint density at radius 2 is 2.00 bits per heavy atom. The van der Waals surface area contributed by atoms with Gasteiger partial charge in [0.25, 0.3) is 6.43 Å². The van der Waals surface area contributed by atoms with Crippen LogP contribution < -0.4 is 10.5 Å². The molecule has 0 aliphatic carbocycles. The summed E-state index contributed by atoms with van der Waals surface area (Å²) in [4.78, 5) is 10.7. The van der Waals surface area contributed by atoms with E-state index in [-0.39, 0.29) is 24.5 Å². The van der Waals surface area contributed by atoms with Gasteiger partial charge in [-0.1, -0.05) is 17.7 Å². The van der Waals surface area contributed by atoms with E-state index in [0.717, 1.165) is 6.08 Å². The van der Waals surface area contributed by atoms with E-state index >= 15 is 0 Å². The Hall–Kier alpha value is -2.44. The van der Waals surface area contributed by atoms with Crippen LogP contribution in [0.25, 0.3) is 17.2 Å². The van der Waals surface area contributed by atoms with Crippen LogP contribution in [0.4, 0.5) is 8.78 Å². The van der Waals surface area contributed by atoms with Crippen LogP contribution in [0.2, 0.25) is 5.02 Å². The first kappa shape index (κ1) is 18.9. The van der Waals surface area contributed by atoms with Crippen molar-refractivity contribution >= 4 is 23.6 Å². The highest BCUT2D eigenvalue weighted by atomic mass is 35.5. The number of carboxylic acid groups (broad SMARTS) is 1. The molecule has 0 radical (unpaired) electrons. The third-order valence-electron chi connectivity index (χ3n) is 3.30. The molecule has 0 saturated heterocycles. The second kappa shape index (κ2) is 8.60. The highest BCUT2D eigenvalue weighted by Gasteiger charge is 2.12. The number of aliphatic carboxylic acids is 1. The van der Waals surface area contributed by atoms with Crippen LogP contribution >= 0.6 is 11.6 Å². The standard InChI is InChI=1S/C18H16ClF2NO3/c19-16-3-1-11(7-12(16)2-4-17(23)24)13-8-14(18(20)21)10-15(9-13)25-6-5-22/h1-4,7-10,18H,5-6,22H2,(H,23,24). The molecule has 3 N–H and O–H groups in total. The van der Waals surface area contributed by atoms with E-state index in [2.05, 4.69) is 0 Å². The molecule has 4 nitrogen and oxygen atoms in total. The fourth-order valence-corrected chi connectivity index (χ4v) is 2.37. The average Bonchev–Trinajstić information content (AvgIpc) is 2.58. The van der Waals surface area contributed by atoms with E-state index in [1.54, 1.807) is 24.3 Å². The number of ether oxygens (including phenoxy) is 1. The number of alkyl halides is 2. The number of carboxylic acids is 1. The van der Waals surface area contributed by atoms with Gasteiger partial charge in [0.1, 0.15) is 12.4 Å². The Morgan fingerprint density at radius 1 is 1.24 bits per heavy atom. The van der Waals surface area contributed by atoms with E-state index in [0.29, 0.717) is 21.7 Å². The topological polar surface area (TPSA) is 72.5 Å². The smallest absolute Gasteiger partial charge is 0.328 e. The van der Waals surface area contributed by atoms with E-state index in [1.165, 1.54) is 18.2 Å². The van der Waals surface area contributed by atoms with Crippen LogP contribution in [-0.2, 0) is 4.79 Å². The molecule has 0 aromatic heterocycles. The summed E-state index contributed by atoms with van der Waals surface area (Å²) in [6.45, 7) is 0.471. The zero-order valence-electron chi connectivity index (χ0n) is 13.1. The molecule has 2 aromatic carbocycles. The molecule has 0 unspecified atom stereocenters. The Balaban J connectivity index is 2.47. The Bertz CT molecular complexity index is 794. The van der Waals surface area contributed by atoms with Crippen molar-refractivity contribution in [2.24, 2.45) is 5.73 Å². The first-order valence-corrected chi connectivity index (χ1v) is 7.75. The van der Waals surface area contributed by atoms with Crippen molar-refractivity contribution in [3.05, 3.63) is 58.6 Å². The van der Waals surface area contributed by atoms with Gasteiger partial charge in [-0.2, -0.15) is 0 Å². The normalized spacial score (nSPS) is 11.2. The average molecular weight is 368 g/mol. The molecule has 132 valence electrons. The molecule has 0 bridgehead atoms. The maximum Gasteiger partial charge on any atom is 0.328 e. The van der Waals surface area contributed by atoms with Crippen LogP contribution in [0, 0.1) is 0 Å². The number of hydrogen-bond acceptors (Lipinski definition) is 3. The summed E-state index contributed by atoms with van der Waals surface area (Å²) < 4.78 is 31.6. The zero-order valence-corrected chi connectivity index (χ0v) is 13.8. The molecule has 0 aliphatic heterocycles. The first-order chi connectivity index (χ1) is 11.9. The fraction of sp³-hybridized carbons (Fsp3) is 0.167. The van der Waals surface area contributed by atoms with Crippen LogP contribution in [-0.4, -0.2) is 24.2 Å². The predicted octanol–water partition coefficient (Wildman–Crippen LogP) is 4.38. The molecule has 7 heteroatoms. The molecule has 0 aliphatic rings. The number of rotatable bonds is 7. The van der Waals surface area contributed by atoms with Gasteiger partial charge in [-0.05, 0) is 53.1 Å². The second-order valence-corrected chi connectivity index (χ2v) is 5.54. The van der Waals surface area contributed by atoms with Crippen molar-refractivity contribution in [1.29, 1.82) is 0 Å². The third kappa shape index (κ3) is 5.27. The molecule has 0 spiro atoms. The van der Waals surface area contributed by atoms with Crippen LogP contribution in [0.15, 0.2) is 42.5 Å². The predicted molar refractivity (Wildman–Crippen MR) is 93.1 cm³/mol. The molecular weight excluding hydrogens is 352 g/mol. The van der Waals surface area contributed by atoms with Crippen LogP contribution in [0.1, 0.15) is 17.6 Å². The Morgan fingerprint density at radius 3 is 2.64 bits per heavy atom. The van der Waals surface area contributed by atoms with Gasteiger partial charge < -0.3 is 15.6 Å². The fourth-order valence-electron chi connectivity index (χ4n) is 2.19. The Labute approximate surface area is 148 Å². The SMILES string of the molecule is NCCOc1cc(-c2ccc(Cl)c(C=CC(=O)O)c2)cc(C(F)F)c1. The van der Waals surface area contributed by atoms with Gasteiger partial charge in [0, 0.05) is 23.2 Å². The minimum Gasteiger partial charge on any atom is -0.492 e. The minimum atomic E-state index is -2.65. The van der Waals surface area contributed by atoms with E-state index in [4.69, 9.17) is 27.2 Å². The quantitative estimate of drug-likeness (QED) is 0.712. The van der Waals surface area contributed by atoms with Crippen molar-refractivity contribution in [2.45, 2.75) is 6.43 Å². The first-order valence-electron chi connectivity index (χ1n) is 7.37. The maximum absolute atomic E-state index is 13.1. The van der Waals surface area contributed by atoms with Gasteiger partial charge in [-0.25, -0.2) is 13.6 Å². The lowest BCUT2D eigenvalue weighted by Gasteiger charge is -2.12.